The average Bonchev–Trinajstić information content (AvgIpc) is 2.84. The summed E-state index contributed by atoms with van der Waals surface area (Å²) in [5.74, 6) is 1.60. The summed E-state index contributed by atoms with van der Waals surface area (Å²) in [7, 11) is 1.64. The van der Waals surface area contributed by atoms with E-state index in [-0.39, 0.29) is 17.6 Å². The minimum atomic E-state index is -0.0507. The van der Waals surface area contributed by atoms with Gasteiger partial charge < -0.3 is 15.0 Å². The molecule has 0 bridgehead atoms. The SMILES string of the molecule is COc1ccc(-c2ccc(N3CCC(C(=O)Nc4ccc(C(C)=O)cc4)CC3)nn2)cc1. The number of anilines is 2. The number of rotatable bonds is 6. The number of nitrogens with one attached hydrogen (secondary N) is 1. The van der Waals surface area contributed by atoms with Crippen molar-refractivity contribution < 1.29 is 14.3 Å². The van der Waals surface area contributed by atoms with Crippen molar-refractivity contribution in [3.63, 3.8) is 0 Å². The molecule has 1 aromatic heterocycles. The molecule has 3 aromatic rings. The van der Waals surface area contributed by atoms with Crippen LogP contribution in [0, 0.1) is 5.92 Å². The molecule has 2 aromatic carbocycles. The van der Waals surface area contributed by atoms with E-state index in [1.807, 2.05) is 36.4 Å². The van der Waals surface area contributed by atoms with Crippen LogP contribution >= 0.6 is 0 Å². The van der Waals surface area contributed by atoms with Gasteiger partial charge in [-0.15, -0.1) is 10.2 Å². The maximum Gasteiger partial charge on any atom is 0.227 e. The van der Waals surface area contributed by atoms with Crippen LogP contribution < -0.4 is 15.0 Å². The number of carbonyl (C=O) groups excluding carboxylic acids is 2. The normalized spacial score (nSPS) is 14.1. The Labute approximate surface area is 187 Å². The van der Waals surface area contributed by atoms with Crippen LogP contribution in [0.1, 0.15) is 30.1 Å². The van der Waals surface area contributed by atoms with E-state index in [4.69, 9.17) is 4.74 Å². The zero-order valence-corrected chi connectivity index (χ0v) is 18.2. The van der Waals surface area contributed by atoms with Crippen LogP contribution in [-0.2, 0) is 4.79 Å². The number of carbonyl (C=O) groups is 2. The predicted molar refractivity (Wildman–Crippen MR) is 124 cm³/mol. The molecule has 2 heterocycles. The molecule has 1 saturated heterocycles. The van der Waals surface area contributed by atoms with Gasteiger partial charge in [-0.2, -0.15) is 0 Å². The van der Waals surface area contributed by atoms with E-state index in [9.17, 15) is 9.59 Å². The van der Waals surface area contributed by atoms with Gasteiger partial charge >= 0.3 is 0 Å². The first-order valence-corrected chi connectivity index (χ1v) is 10.7. The summed E-state index contributed by atoms with van der Waals surface area (Å²) in [6.45, 7) is 3.02. The lowest BCUT2D eigenvalue weighted by Crippen LogP contribution is -2.38. The Bertz CT molecular complexity index is 1070. The van der Waals surface area contributed by atoms with Crippen LogP contribution in [0.25, 0.3) is 11.3 Å². The zero-order chi connectivity index (χ0) is 22.5. The molecule has 1 aliphatic heterocycles. The van der Waals surface area contributed by atoms with E-state index < -0.39 is 0 Å². The summed E-state index contributed by atoms with van der Waals surface area (Å²) in [6, 6.07) is 18.7. The van der Waals surface area contributed by atoms with Gasteiger partial charge in [0.25, 0.3) is 0 Å². The van der Waals surface area contributed by atoms with Crippen LogP contribution in [-0.4, -0.2) is 42.1 Å². The number of aromatic nitrogens is 2. The smallest absolute Gasteiger partial charge is 0.227 e. The van der Waals surface area contributed by atoms with Gasteiger partial charge in [-0.25, -0.2) is 0 Å². The van der Waals surface area contributed by atoms with Gasteiger partial charge in [0, 0.05) is 35.8 Å². The highest BCUT2D eigenvalue weighted by atomic mass is 16.5. The zero-order valence-electron chi connectivity index (χ0n) is 18.2. The maximum atomic E-state index is 12.6. The summed E-state index contributed by atoms with van der Waals surface area (Å²) < 4.78 is 5.19. The minimum absolute atomic E-state index is 0.00961. The van der Waals surface area contributed by atoms with Crippen molar-refractivity contribution in [3.05, 3.63) is 66.2 Å². The molecule has 1 fully saturated rings. The van der Waals surface area contributed by atoms with Gasteiger partial charge in [-0.05, 0) is 80.4 Å². The number of nitrogens with zero attached hydrogens (tertiary/aromatic N) is 3. The summed E-state index contributed by atoms with van der Waals surface area (Å²) in [5, 5.41) is 11.7. The fraction of sp³-hybridized carbons (Fsp3) is 0.280. The standard InChI is InChI=1S/C25H26N4O3/c1-17(30)18-3-7-21(8-4-18)26-25(31)20-13-15-29(16-14-20)24-12-11-23(27-28-24)19-5-9-22(32-2)10-6-19/h3-12,20H,13-16H2,1-2H3,(H,26,31). The number of benzene rings is 2. The Kier molecular flexibility index (Phi) is 6.44. The van der Waals surface area contributed by atoms with Crippen molar-refractivity contribution in [3.8, 4) is 17.0 Å². The maximum absolute atomic E-state index is 12.6. The van der Waals surface area contributed by atoms with Gasteiger partial charge in [0.15, 0.2) is 11.6 Å². The third-order valence-electron chi connectivity index (χ3n) is 5.78. The lowest BCUT2D eigenvalue weighted by Gasteiger charge is -2.31. The molecular formula is C25H26N4O3. The number of ketones is 1. The fourth-order valence-electron chi connectivity index (χ4n) is 3.81. The minimum Gasteiger partial charge on any atom is -0.497 e. The van der Waals surface area contributed by atoms with Gasteiger partial charge in [-0.3, -0.25) is 9.59 Å². The number of hydrogen-bond donors (Lipinski definition) is 1. The molecule has 1 aliphatic rings. The molecule has 0 aliphatic carbocycles. The number of ether oxygens (including phenoxy) is 1. The van der Waals surface area contributed by atoms with E-state index in [1.54, 1.807) is 31.4 Å². The molecule has 7 nitrogen and oxygen atoms in total. The first kappa shape index (κ1) is 21.5. The molecule has 0 spiro atoms. The van der Waals surface area contributed by atoms with Crippen molar-refractivity contribution in [1.82, 2.24) is 10.2 Å². The number of piperidine rings is 1. The topological polar surface area (TPSA) is 84.4 Å². The third kappa shape index (κ3) is 4.94. The van der Waals surface area contributed by atoms with Crippen LogP contribution in [0.5, 0.6) is 5.75 Å². The number of methoxy groups -OCH3 is 1. The van der Waals surface area contributed by atoms with E-state index in [0.29, 0.717) is 11.3 Å². The molecule has 7 heteroatoms. The molecule has 32 heavy (non-hydrogen) atoms. The Morgan fingerprint density at radius 3 is 2.19 bits per heavy atom. The van der Waals surface area contributed by atoms with E-state index in [0.717, 1.165) is 48.8 Å². The van der Waals surface area contributed by atoms with Gasteiger partial charge in [-0.1, -0.05) is 0 Å². The highest BCUT2D eigenvalue weighted by Gasteiger charge is 2.26. The monoisotopic (exact) mass is 430 g/mol. The van der Waals surface area contributed by atoms with Gasteiger partial charge in [0.1, 0.15) is 5.75 Å². The summed E-state index contributed by atoms with van der Waals surface area (Å²) in [4.78, 5) is 26.2. The van der Waals surface area contributed by atoms with E-state index in [2.05, 4.69) is 20.4 Å². The van der Waals surface area contributed by atoms with Gasteiger partial charge in [0.05, 0.1) is 12.8 Å². The van der Waals surface area contributed by atoms with Crippen molar-refractivity contribution in [2.75, 3.05) is 30.4 Å². The Balaban J connectivity index is 1.31. The molecule has 1 amide bonds. The summed E-state index contributed by atoms with van der Waals surface area (Å²) in [5.41, 5.74) is 3.14. The highest BCUT2D eigenvalue weighted by Crippen LogP contribution is 2.25. The van der Waals surface area contributed by atoms with Crippen LogP contribution in [0.3, 0.4) is 0 Å². The Hall–Kier alpha value is -3.74. The fourth-order valence-corrected chi connectivity index (χ4v) is 3.81. The van der Waals surface area contributed by atoms with E-state index in [1.165, 1.54) is 6.92 Å². The first-order chi connectivity index (χ1) is 15.5. The van der Waals surface area contributed by atoms with Crippen molar-refractivity contribution in [1.29, 1.82) is 0 Å². The molecular weight excluding hydrogens is 404 g/mol. The first-order valence-electron chi connectivity index (χ1n) is 10.7. The second kappa shape index (κ2) is 9.60. The third-order valence-corrected chi connectivity index (χ3v) is 5.78. The predicted octanol–water partition coefficient (Wildman–Crippen LogP) is 4.21. The highest BCUT2D eigenvalue weighted by molar-refractivity contribution is 5.96. The Morgan fingerprint density at radius 1 is 0.938 bits per heavy atom. The van der Waals surface area contributed by atoms with Crippen molar-refractivity contribution >= 4 is 23.2 Å². The molecule has 4 rings (SSSR count). The lowest BCUT2D eigenvalue weighted by atomic mass is 9.95. The second-order valence-corrected chi connectivity index (χ2v) is 7.89. The van der Waals surface area contributed by atoms with Gasteiger partial charge in [0.2, 0.25) is 5.91 Å². The summed E-state index contributed by atoms with van der Waals surface area (Å²) in [6.07, 6.45) is 1.50. The quantitative estimate of drug-likeness (QED) is 0.590. The molecule has 0 radical (unpaired) electrons. The molecule has 164 valence electrons. The average molecular weight is 431 g/mol. The van der Waals surface area contributed by atoms with Crippen molar-refractivity contribution in [2.45, 2.75) is 19.8 Å². The van der Waals surface area contributed by atoms with Crippen LogP contribution in [0.4, 0.5) is 11.5 Å². The van der Waals surface area contributed by atoms with E-state index >= 15 is 0 Å². The lowest BCUT2D eigenvalue weighted by molar-refractivity contribution is -0.120. The largest absolute Gasteiger partial charge is 0.497 e. The Morgan fingerprint density at radius 2 is 1.62 bits per heavy atom. The summed E-state index contributed by atoms with van der Waals surface area (Å²) >= 11 is 0. The number of hydrogen-bond acceptors (Lipinski definition) is 6. The van der Waals surface area contributed by atoms with Crippen LogP contribution in [0.15, 0.2) is 60.7 Å². The molecule has 0 unspecified atom stereocenters. The molecule has 1 N–H and O–H groups in total. The molecule has 0 atom stereocenters. The molecule has 0 saturated carbocycles. The number of Topliss-reactive ketones (excluding diaryl/α,β-unsaturated/α-hetero) is 1. The number of amides is 1. The van der Waals surface area contributed by atoms with Crippen LogP contribution in [0.2, 0.25) is 0 Å². The second-order valence-electron chi connectivity index (χ2n) is 7.89. The van der Waals surface area contributed by atoms with Crippen molar-refractivity contribution in [2.24, 2.45) is 5.92 Å².